The number of benzene rings is 2. The van der Waals surface area contributed by atoms with E-state index in [-0.39, 0.29) is 22.4 Å². The summed E-state index contributed by atoms with van der Waals surface area (Å²) < 4.78 is 19.8. The fraction of sp³-hybridized carbons (Fsp3) is 0.368. The number of halogens is 3. The normalized spacial score (nSPS) is 11.2. The zero-order valence-electron chi connectivity index (χ0n) is 14.5. The molecule has 6 heteroatoms. The highest BCUT2D eigenvalue weighted by Gasteiger charge is 2.18. The molecule has 0 saturated carbocycles. The van der Waals surface area contributed by atoms with Gasteiger partial charge in [0.25, 0.3) is 0 Å². The lowest BCUT2D eigenvalue weighted by Gasteiger charge is -2.15. The summed E-state index contributed by atoms with van der Waals surface area (Å²) in [4.78, 5) is 0. The monoisotopic (exact) mass is 385 g/mol. The van der Waals surface area contributed by atoms with Gasteiger partial charge in [-0.15, -0.1) is 0 Å². The highest BCUT2D eigenvalue weighted by atomic mass is 35.5. The fourth-order valence-corrected chi connectivity index (χ4v) is 3.09. The standard InChI is InChI=1S/C19H22Cl2FNO2/c1-11(2)13-8-12(4-5-16(13)24)9-14-15(20)10-17(19(22)18(14)21)25-7-6-23-3/h4-5,8,10-11,23-24H,6-7,9H2,1-3H3. The summed E-state index contributed by atoms with van der Waals surface area (Å²) >= 11 is 12.5. The Balaban J connectivity index is 2.31. The Morgan fingerprint density at radius 1 is 1.24 bits per heavy atom. The maximum absolute atomic E-state index is 14.5. The summed E-state index contributed by atoms with van der Waals surface area (Å²) in [5.74, 6) is -0.149. The van der Waals surface area contributed by atoms with Crippen LogP contribution < -0.4 is 10.1 Å². The van der Waals surface area contributed by atoms with Crippen molar-refractivity contribution in [1.82, 2.24) is 5.32 Å². The predicted octanol–water partition coefficient (Wildman–Crippen LogP) is 5.15. The van der Waals surface area contributed by atoms with Gasteiger partial charge in [0, 0.05) is 24.1 Å². The van der Waals surface area contributed by atoms with Gasteiger partial charge in [0.15, 0.2) is 11.6 Å². The molecule has 0 amide bonds. The number of hydrogen-bond acceptors (Lipinski definition) is 3. The first-order chi connectivity index (χ1) is 11.8. The van der Waals surface area contributed by atoms with Crippen LogP contribution in [0.3, 0.4) is 0 Å². The zero-order valence-corrected chi connectivity index (χ0v) is 16.0. The minimum absolute atomic E-state index is 0.0360. The number of aromatic hydroxyl groups is 1. The Morgan fingerprint density at radius 3 is 2.60 bits per heavy atom. The molecule has 0 radical (unpaired) electrons. The lowest BCUT2D eigenvalue weighted by atomic mass is 9.96. The van der Waals surface area contributed by atoms with Gasteiger partial charge in [0.1, 0.15) is 12.4 Å². The molecule has 25 heavy (non-hydrogen) atoms. The van der Waals surface area contributed by atoms with Gasteiger partial charge in [-0.25, -0.2) is 4.39 Å². The molecule has 3 nitrogen and oxygen atoms in total. The van der Waals surface area contributed by atoms with Crippen LogP contribution in [0.1, 0.15) is 36.5 Å². The van der Waals surface area contributed by atoms with Crippen molar-refractivity contribution in [2.45, 2.75) is 26.2 Å². The van der Waals surface area contributed by atoms with Gasteiger partial charge in [-0.1, -0.05) is 49.2 Å². The van der Waals surface area contributed by atoms with Crippen LogP contribution in [0.15, 0.2) is 24.3 Å². The lowest BCUT2D eigenvalue weighted by molar-refractivity contribution is 0.302. The van der Waals surface area contributed by atoms with Gasteiger partial charge < -0.3 is 15.2 Å². The molecular formula is C19H22Cl2FNO2. The summed E-state index contributed by atoms with van der Waals surface area (Å²) in [5, 5.41) is 13.2. The fourth-order valence-electron chi connectivity index (χ4n) is 2.52. The molecule has 0 heterocycles. The maximum atomic E-state index is 14.5. The predicted molar refractivity (Wildman–Crippen MR) is 101 cm³/mol. The molecule has 0 saturated heterocycles. The van der Waals surface area contributed by atoms with E-state index in [1.165, 1.54) is 6.07 Å². The molecule has 0 unspecified atom stereocenters. The van der Waals surface area contributed by atoms with Crippen molar-refractivity contribution in [2.24, 2.45) is 0 Å². The molecule has 2 N–H and O–H groups in total. The quantitative estimate of drug-likeness (QED) is 0.511. The SMILES string of the molecule is CNCCOc1cc(Cl)c(Cc2ccc(O)c(C(C)C)c2)c(Cl)c1F. The zero-order chi connectivity index (χ0) is 18.6. The largest absolute Gasteiger partial charge is 0.508 e. The molecule has 0 fully saturated rings. The molecule has 0 aliphatic rings. The highest BCUT2D eigenvalue weighted by Crippen LogP contribution is 2.36. The van der Waals surface area contributed by atoms with E-state index in [1.54, 1.807) is 19.2 Å². The highest BCUT2D eigenvalue weighted by molar-refractivity contribution is 6.36. The molecule has 2 aromatic rings. The van der Waals surface area contributed by atoms with Crippen LogP contribution in [-0.2, 0) is 6.42 Å². The summed E-state index contributed by atoms with van der Waals surface area (Å²) in [6.45, 7) is 4.89. The van der Waals surface area contributed by atoms with Gasteiger partial charge in [0.2, 0.25) is 0 Å². The number of phenolic OH excluding ortho intramolecular Hbond substituents is 1. The Labute approximate surface area is 157 Å². The Hall–Kier alpha value is -1.49. The Morgan fingerprint density at radius 2 is 1.96 bits per heavy atom. The number of ether oxygens (including phenoxy) is 1. The molecule has 2 rings (SSSR count). The van der Waals surface area contributed by atoms with Crippen LogP contribution in [0.5, 0.6) is 11.5 Å². The lowest BCUT2D eigenvalue weighted by Crippen LogP contribution is -2.16. The van der Waals surface area contributed by atoms with Gasteiger partial charge in [-0.3, -0.25) is 0 Å². The molecule has 0 aliphatic heterocycles. The molecule has 0 atom stereocenters. The van der Waals surface area contributed by atoms with E-state index in [1.807, 2.05) is 19.9 Å². The number of hydrogen-bond donors (Lipinski definition) is 2. The van der Waals surface area contributed by atoms with Crippen molar-refractivity contribution >= 4 is 23.2 Å². The van der Waals surface area contributed by atoms with E-state index < -0.39 is 5.82 Å². The molecule has 0 aliphatic carbocycles. The first-order valence-corrected chi connectivity index (χ1v) is 8.86. The van der Waals surface area contributed by atoms with Crippen molar-refractivity contribution in [2.75, 3.05) is 20.2 Å². The second-order valence-electron chi connectivity index (χ2n) is 6.14. The van der Waals surface area contributed by atoms with Crippen molar-refractivity contribution in [3.63, 3.8) is 0 Å². The van der Waals surface area contributed by atoms with E-state index in [4.69, 9.17) is 27.9 Å². The minimum atomic E-state index is -0.611. The van der Waals surface area contributed by atoms with Gasteiger partial charge >= 0.3 is 0 Å². The van der Waals surface area contributed by atoms with Crippen LogP contribution >= 0.6 is 23.2 Å². The van der Waals surface area contributed by atoms with Gasteiger partial charge in [-0.05, 0) is 35.7 Å². The van der Waals surface area contributed by atoms with E-state index in [9.17, 15) is 9.50 Å². The average Bonchev–Trinajstić information content (AvgIpc) is 2.57. The van der Waals surface area contributed by atoms with E-state index >= 15 is 0 Å². The van der Waals surface area contributed by atoms with Crippen LogP contribution in [0.4, 0.5) is 4.39 Å². The molecule has 0 aromatic heterocycles. The topological polar surface area (TPSA) is 41.5 Å². The van der Waals surface area contributed by atoms with Crippen molar-refractivity contribution in [3.05, 3.63) is 56.8 Å². The number of phenols is 1. The first-order valence-electron chi connectivity index (χ1n) is 8.10. The summed E-state index contributed by atoms with van der Waals surface area (Å²) in [6.07, 6.45) is 0.366. The second kappa shape index (κ2) is 8.75. The van der Waals surface area contributed by atoms with Crippen LogP contribution in [0.25, 0.3) is 0 Å². The Bertz CT molecular complexity index is 751. The van der Waals surface area contributed by atoms with Crippen molar-refractivity contribution in [3.8, 4) is 11.5 Å². The second-order valence-corrected chi connectivity index (χ2v) is 6.92. The molecular weight excluding hydrogens is 364 g/mol. The van der Waals surface area contributed by atoms with Crippen molar-refractivity contribution < 1.29 is 14.2 Å². The Kier molecular flexibility index (Phi) is 6.94. The summed E-state index contributed by atoms with van der Waals surface area (Å²) in [7, 11) is 1.78. The third kappa shape index (κ3) is 4.78. The van der Waals surface area contributed by atoms with E-state index in [0.29, 0.717) is 30.2 Å². The minimum Gasteiger partial charge on any atom is -0.508 e. The van der Waals surface area contributed by atoms with Crippen LogP contribution in [0.2, 0.25) is 10.0 Å². The number of nitrogens with one attached hydrogen (secondary N) is 1. The van der Waals surface area contributed by atoms with Crippen LogP contribution in [0, 0.1) is 5.82 Å². The van der Waals surface area contributed by atoms with Gasteiger partial charge in [-0.2, -0.15) is 0 Å². The average molecular weight is 386 g/mol. The first kappa shape index (κ1) is 19.8. The summed E-state index contributed by atoms with van der Waals surface area (Å²) in [6, 6.07) is 6.76. The third-order valence-electron chi connectivity index (χ3n) is 3.92. The van der Waals surface area contributed by atoms with Crippen LogP contribution in [-0.4, -0.2) is 25.3 Å². The number of rotatable bonds is 7. The number of likely N-dealkylation sites (N-methyl/N-ethyl adjacent to an activating group) is 1. The molecule has 136 valence electrons. The van der Waals surface area contributed by atoms with E-state index in [2.05, 4.69) is 5.32 Å². The molecule has 0 bridgehead atoms. The smallest absolute Gasteiger partial charge is 0.184 e. The van der Waals surface area contributed by atoms with Crippen molar-refractivity contribution in [1.29, 1.82) is 0 Å². The third-order valence-corrected chi connectivity index (χ3v) is 4.66. The molecule has 2 aromatic carbocycles. The maximum Gasteiger partial charge on any atom is 0.184 e. The van der Waals surface area contributed by atoms with Gasteiger partial charge in [0.05, 0.1) is 5.02 Å². The van der Waals surface area contributed by atoms with E-state index in [0.717, 1.165) is 11.1 Å². The summed E-state index contributed by atoms with van der Waals surface area (Å²) in [5.41, 5.74) is 2.23. The molecule has 0 spiro atoms.